The molecule has 0 radical (unpaired) electrons. The van der Waals surface area contributed by atoms with Crippen molar-refractivity contribution in [1.29, 1.82) is 0 Å². The lowest BCUT2D eigenvalue weighted by Crippen LogP contribution is -2.36. The highest BCUT2D eigenvalue weighted by molar-refractivity contribution is 7.99. The summed E-state index contributed by atoms with van der Waals surface area (Å²) < 4.78 is 5.25. The maximum Gasteiger partial charge on any atom is 0.0618 e. The number of nitrogens with one attached hydrogen (secondary N) is 1. The highest BCUT2D eigenvalue weighted by atomic mass is 32.2. The maximum absolute atomic E-state index is 5.25. The van der Waals surface area contributed by atoms with Gasteiger partial charge in [0, 0.05) is 30.3 Å². The van der Waals surface area contributed by atoms with Crippen molar-refractivity contribution in [3.05, 3.63) is 30.3 Å². The van der Waals surface area contributed by atoms with Crippen molar-refractivity contribution >= 4 is 11.8 Å². The molecular weight excluding hydrogens is 230 g/mol. The van der Waals surface area contributed by atoms with Crippen LogP contribution in [0.15, 0.2) is 35.2 Å². The fraction of sp³-hybridized carbons (Fsp3) is 0.571. The van der Waals surface area contributed by atoms with Gasteiger partial charge in [0.25, 0.3) is 0 Å². The van der Waals surface area contributed by atoms with Crippen molar-refractivity contribution in [3.8, 4) is 0 Å². The van der Waals surface area contributed by atoms with Crippen LogP contribution in [0.3, 0.4) is 0 Å². The van der Waals surface area contributed by atoms with Crippen molar-refractivity contribution in [2.24, 2.45) is 5.92 Å². The normalized spacial score (nSPS) is 17.0. The van der Waals surface area contributed by atoms with Gasteiger partial charge in [0.15, 0.2) is 0 Å². The molecule has 1 atom stereocenters. The Morgan fingerprint density at radius 3 is 2.76 bits per heavy atom. The van der Waals surface area contributed by atoms with Crippen LogP contribution in [0.2, 0.25) is 0 Å². The lowest BCUT2D eigenvalue weighted by molar-refractivity contribution is 0.159. The molecule has 0 amide bonds. The van der Waals surface area contributed by atoms with Gasteiger partial charge in [-0.25, -0.2) is 0 Å². The van der Waals surface area contributed by atoms with E-state index in [1.807, 2.05) is 11.8 Å². The average molecular weight is 251 g/mol. The SMILES string of the molecule is COCC(NCCSc1ccccc1)C1CC1. The van der Waals surface area contributed by atoms with Gasteiger partial charge in [-0.1, -0.05) is 18.2 Å². The number of hydrogen-bond acceptors (Lipinski definition) is 3. The second-order valence-electron chi connectivity index (χ2n) is 4.51. The third-order valence-electron chi connectivity index (χ3n) is 3.06. The number of hydrogen-bond donors (Lipinski definition) is 1. The van der Waals surface area contributed by atoms with Crippen molar-refractivity contribution in [2.75, 3.05) is 26.0 Å². The molecule has 0 aliphatic heterocycles. The summed E-state index contributed by atoms with van der Waals surface area (Å²) in [6, 6.07) is 11.1. The summed E-state index contributed by atoms with van der Waals surface area (Å²) in [5.74, 6) is 1.98. The summed E-state index contributed by atoms with van der Waals surface area (Å²) in [6.07, 6.45) is 2.74. The quantitative estimate of drug-likeness (QED) is 0.567. The Bertz CT molecular complexity index is 313. The largest absolute Gasteiger partial charge is 0.383 e. The predicted molar refractivity (Wildman–Crippen MR) is 73.6 cm³/mol. The van der Waals surface area contributed by atoms with Gasteiger partial charge in [0.1, 0.15) is 0 Å². The molecule has 94 valence electrons. The van der Waals surface area contributed by atoms with Crippen molar-refractivity contribution in [3.63, 3.8) is 0 Å². The summed E-state index contributed by atoms with van der Waals surface area (Å²) in [4.78, 5) is 1.35. The van der Waals surface area contributed by atoms with Gasteiger partial charge in [-0.05, 0) is 30.9 Å². The van der Waals surface area contributed by atoms with E-state index < -0.39 is 0 Å². The molecule has 0 spiro atoms. The Balaban J connectivity index is 1.61. The van der Waals surface area contributed by atoms with Crippen molar-refractivity contribution < 1.29 is 4.74 Å². The van der Waals surface area contributed by atoms with Gasteiger partial charge >= 0.3 is 0 Å². The molecular formula is C14H21NOS. The van der Waals surface area contributed by atoms with Gasteiger partial charge in [0.2, 0.25) is 0 Å². The monoisotopic (exact) mass is 251 g/mol. The lowest BCUT2D eigenvalue weighted by atomic mass is 10.2. The van der Waals surface area contributed by atoms with Crippen LogP contribution in [-0.4, -0.2) is 32.1 Å². The second-order valence-corrected chi connectivity index (χ2v) is 5.68. The lowest BCUT2D eigenvalue weighted by Gasteiger charge is -2.16. The van der Waals surface area contributed by atoms with Gasteiger partial charge in [-0.3, -0.25) is 0 Å². The molecule has 1 aromatic rings. The van der Waals surface area contributed by atoms with Crippen LogP contribution in [0.4, 0.5) is 0 Å². The van der Waals surface area contributed by atoms with E-state index in [-0.39, 0.29) is 0 Å². The molecule has 1 aromatic carbocycles. The maximum atomic E-state index is 5.25. The topological polar surface area (TPSA) is 21.3 Å². The Morgan fingerprint density at radius 1 is 1.35 bits per heavy atom. The first-order chi connectivity index (χ1) is 8.40. The molecule has 0 heterocycles. The van der Waals surface area contributed by atoms with E-state index in [2.05, 4.69) is 35.6 Å². The van der Waals surface area contributed by atoms with Crippen molar-refractivity contribution in [1.82, 2.24) is 5.32 Å². The minimum Gasteiger partial charge on any atom is -0.383 e. The van der Waals surface area contributed by atoms with Gasteiger partial charge in [-0.15, -0.1) is 11.8 Å². The molecule has 17 heavy (non-hydrogen) atoms. The molecule has 1 saturated carbocycles. The van der Waals surface area contributed by atoms with Crippen LogP contribution in [0, 0.1) is 5.92 Å². The van der Waals surface area contributed by atoms with Crippen LogP contribution in [-0.2, 0) is 4.74 Å². The fourth-order valence-electron chi connectivity index (χ4n) is 1.97. The van der Waals surface area contributed by atoms with Crippen LogP contribution < -0.4 is 5.32 Å². The average Bonchev–Trinajstić information content (AvgIpc) is 3.19. The van der Waals surface area contributed by atoms with E-state index in [9.17, 15) is 0 Å². The second kappa shape index (κ2) is 7.04. The zero-order valence-corrected chi connectivity index (χ0v) is 11.2. The Labute approximate surface area is 108 Å². The molecule has 1 aliphatic carbocycles. The van der Waals surface area contributed by atoms with Gasteiger partial charge in [-0.2, -0.15) is 0 Å². The standard InChI is InChI=1S/C14H21NOS/c1-16-11-14(12-7-8-12)15-9-10-17-13-5-3-2-4-6-13/h2-6,12,14-15H,7-11H2,1H3. The van der Waals surface area contributed by atoms with E-state index in [4.69, 9.17) is 4.74 Å². The zero-order valence-electron chi connectivity index (χ0n) is 10.4. The molecule has 2 rings (SSSR count). The minimum absolute atomic E-state index is 0.566. The first-order valence-corrected chi connectivity index (χ1v) is 7.29. The Hall–Kier alpha value is -0.510. The van der Waals surface area contributed by atoms with Crippen molar-refractivity contribution in [2.45, 2.75) is 23.8 Å². The van der Waals surface area contributed by atoms with Crippen LogP contribution >= 0.6 is 11.8 Å². The summed E-state index contributed by atoms with van der Waals surface area (Å²) in [5, 5.41) is 3.61. The summed E-state index contributed by atoms with van der Waals surface area (Å²) in [7, 11) is 1.79. The third-order valence-corrected chi connectivity index (χ3v) is 4.07. The predicted octanol–water partition coefficient (Wildman–Crippen LogP) is 2.79. The summed E-state index contributed by atoms with van der Waals surface area (Å²) in [6.45, 7) is 1.91. The molecule has 3 heteroatoms. The Morgan fingerprint density at radius 2 is 2.12 bits per heavy atom. The number of rotatable bonds is 8. The zero-order chi connectivity index (χ0) is 11.9. The summed E-state index contributed by atoms with van der Waals surface area (Å²) in [5.41, 5.74) is 0. The fourth-order valence-corrected chi connectivity index (χ4v) is 2.77. The van der Waals surface area contributed by atoms with E-state index in [0.29, 0.717) is 6.04 Å². The van der Waals surface area contributed by atoms with E-state index in [1.54, 1.807) is 7.11 Å². The summed E-state index contributed by atoms with van der Waals surface area (Å²) >= 11 is 1.91. The number of ether oxygens (including phenoxy) is 1. The van der Waals surface area contributed by atoms with E-state index in [0.717, 1.165) is 24.8 Å². The number of benzene rings is 1. The Kier molecular flexibility index (Phi) is 5.36. The molecule has 0 aromatic heterocycles. The first-order valence-electron chi connectivity index (χ1n) is 6.30. The molecule has 1 N–H and O–H groups in total. The van der Waals surface area contributed by atoms with Crippen LogP contribution in [0.1, 0.15) is 12.8 Å². The molecule has 1 fully saturated rings. The molecule has 2 nitrogen and oxygen atoms in total. The molecule has 1 aliphatic rings. The first kappa shape index (κ1) is 12.9. The van der Waals surface area contributed by atoms with E-state index >= 15 is 0 Å². The smallest absolute Gasteiger partial charge is 0.0618 e. The highest BCUT2D eigenvalue weighted by Crippen LogP contribution is 2.32. The van der Waals surface area contributed by atoms with E-state index in [1.165, 1.54) is 17.7 Å². The number of thioether (sulfide) groups is 1. The van der Waals surface area contributed by atoms with Crippen LogP contribution in [0.5, 0.6) is 0 Å². The molecule has 0 saturated heterocycles. The molecule has 0 bridgehead atoms. The van der Waals surface area contributed by atoms with Gasteiger partial charge in [0.05, 0.1) is 6.61 Å². The molecule has 1 unspecified atom stereocenters. The van der Waals surface area contributed by atoms with Crippen LogP contribution in [0.25, 0.3) is 0 Å². The highest BCUT2D eigenvalue weighted by Gasteiger charge is 2.30. The number of methoxy groups -OCH3 is 1. The minimum atomic E-state index is 0.566. The third kappa shape index (κ3) is 4.70. The van der Waals surface area contributed by atoms with Gasteiger partial charge < -0.3 is 10.1 Å².